The molecule has 0 saturated carbocycles. The lowest BCUT2D eigenvalue weighted by molar-refractivity contribution is -0.128. The lowest BCUT2D eigenvalue weighted by atomic mass is 10.2. The molecule has 0 N–H and O–H groups in total. The number of carbonyl (C=O) groups is 2. The molecular weight excluding hydrogens is 419 g/mol. The number of rotatable bonds is 6. The highest BCUT2D eigenvalue weighted by atomic mass is 35.5. The standard InChI is InChI=1S/C19H20ClFN4O5/c20-10-18(26)24-6-4-23(5-7-24)16-2-1-13(9-15(16)21)25-11-14(30-19(25)27)12-28-17-3-8-29-22-17/h1-3,8-9,14H,4-7,10-12H2/t14-/m1/s1. The van der Waals surface area contributed by atoms with Gasteiger partial charge in [0, 0.05) is 32.2 Å². The molecule has 2 aliphatic rings. The summed E-state index contributed by atoms with van der Waals surface area (Å²) in [5, 5.41) is 3.62. The van der Waals surface area contributed by atoms with Gasteiger partial charge in [-0.1, -0.05) is 0 Å². The van der Waals surface area contributed by atoms with Crippen molar-refractivity contribution in [2.75, 3.05) is 55.0 Å². The number of ether oxygens (including phenoxy) is 2. The van der Waals surface area contributed by atoms with Crippen LogP contribution in [-0.2, 0) is 9.53 Å². The predicted octanol–water partition coefficient (Wildman–Crippen LogP) is 2.11. The number of amides is 2. The van der Waals surface area contributed by atoms with E-state index < -0.39 is 18.0 Å². The highest BCUT2D eigenvalue weighted by Gasteiger charge is 2.33. The predicted molar refractivity (Wildman–Crippen MR) is 106 cm³/mol. The molecule has 0 unspecified atom stereocenters. The Labute approximate surface area is 176 Å². The maximum absolute atomic E-state index is 14.8. The number of hydrogen-bond acceptors (Lipinski definition) is 7. The molecule has 160 valence electrons. The third-order valence-corrected chi connectivity index (χ3v) is 5.26. The van der Waals surface area contributed by atoms with E-state index in [1.165, 1.54) is 17.2 Å². The van der Waals surface area contributed by atoms with E-state index in [4.69, 9.17) is 21.1 Å². The van der Waals surface area contributed by atoms with Crippen molar-refractivity contribution in [3.63, 3.8) is 0 Å². The summed E-state index contributed by atoms with van der Waals surface area (Å²) in [7, 11) is 0. The lowest BCUT2D eigenvalue weighted by Gasteiger charge is -2.36. The molecule has 0 bridgehead atoms. The average molecular weight is 439 g/mol. The van der Waals surface area contributed by atoms with Crippen LogP contribution in [0.3, 0.4) is 0 Å². The van der Waals surface area contributed by atoms with Gasteiger partial charge in [0.1, 0.15) is 24.6 Å². The molecule has 0 spiro atoms. The van der Waals surface area contributed by atoms with Gasteiger partial charge in [-0.3, -0.25) is 9.69 Å². The van der Waals surface area contributed by atoms with E-state index in [-0.39, 0.29) is 24.9 Å². The molecule has 4 rings (SSSR count). The van der Waals surface area contributed by atoms with Crippen molar-refractivity contribution in [2.45, 2.75) is 6.10 Å². The van der Waals surface area contributed by atoms with E-state index in [2.05, 4.69) is 9.68 Å². The van der Waals surface area contributed by atoms with Crippen LogP contribution in [-0.4, -0.2) is 73.4 Å². The van der Waals surface area contributed by atoms with Crippen molar-refractivity contribution >= 4 is 35.0 Å². The lowest BCUT2D eigenvalue weighted by Crippen LogP contribution is -2.49. The van der Waals surface area contributed by atoms with Crippen LogP contribution >= 0.6 is 11.6 Å². The molecule has 2 aromatic rings. The summed E-state index contributed by atoms with van der Waals surface area (Å²) in [6.07, 6.45) is 0.302. The first kappa shape index (κ1) is 20.3. The molecule has 9 nitrogen and oxygen atoms in total. The van der Waals surface area contributed by atoms with E-state index in [0.717, 1.165) is 0 Å². The highest BCUT2D eigenvalue weighted by Crippen LogP contribution is 2.28. The molecule has 2 saturated heterocycles. The second kappa shape index (κ2) is 8.78. The van der Waals surface area contributed by atoms with Crippen molar-refractivity contribution in [1.82, 2.24) is 10.1 Å². The van der Waals surface area contributed by atoms with Crippen molar-refractivity contribution in [2.24, 2.45) is 0 Å². The second-order valence-electron chi connectivity index (χ2n) is 6.90. The molecule has 0 radical (unpaired) electrons. The number of anilines is 2. The Kier molecular flexibility index (Phi) is 5.93. The molecule has 0 aliphatic carbocycles. The Morgan fingerprint density at radius 1 is 1.27 bits per heavy atom. The van der Waals surface area contributed by atoms with Gasteiger partial charge in [0.2, 0.25) is 5.91 Å². The summed E-state index contributed by atoms with van der Waals surface area (Å²) in [5.41, 5.74) is 0.830. The van der Waals surface area contributed by atoms with E-state index in [0.29, 0.717) is 43.4 Å². The number of aromatic nitrogens is 1. The van der Waals surface area contributed by atoms with Crippen molar-refractivity contribution in [3.8, 4) is 5.88 Å². The van der Waals surface area contributed by atoms with Crippen LogP contribution in [0.5, 0.6) is 5.88 Å². The molecule has 1 aromatic heterocycles. The quantitative estimate of drug-likeness (QED) is 0.638. The van der Waals surface area contributed by atoms with Crippen LogP contribution < -0.4 is 14.5 Å². The minimum Gasteiger partial charge on any atom is -0.471 e. The maximum atomic E-state index is 14.8. The van der Waals surface area contributed by atoms with Gasteiger partial charge in [-0.15, -0.1) is 11.6 Å². The number of nitrogens with zero attached hydrogens (tertiary/aromatic N) is 4. The SMILES string of the molecule is O=C(CCl)N1CCN(c2ccc(N3C[C@H](COc4ccon4)OC3=O)cc2F)CC1. The van der Waals surface area contributed by atoms with Gasteiger partial charge < -0.3 is 23.8 Å². The van der Waals surface area contributed by atoms with Crippen molar-refractivity contribution < 1.29 is 28.0 Å². The van der Waals surface area contributed by atoms with E-state index in [9.17, 15) is 14.0 Å². The van der Waals surface area contributed by atoms with Gasteiger partial charge in [-0.25, -0.2) is 9.18 Å². The summed E-state index contributed by atoms with van der Waals surface area (Å²) < 4.78 is 30.2. The number of piperazine rings is 1. The van der Waals surface area contributed by atoms with Crippen molar-refractivity contribution in [1.29, 1.82) is 0 Å². The molecular formula is C19H20ClFN4O5. The molecule has 3 heterocycles. The fourth-order valence-electron chi connectivity index (χ4n) is 3.47. The zero-order valence-electron chi connectivity index (χ0n) is 16.0. The first-order valence-electron chi connectivity index (χ1n) is 9.44. The first-order chi connectivity index (χ1) is 14.5. The van der Waals surface area contributed by atoms with Crippen LogP contribution in [0.25, 0.3) is 0 Å². The molecule has 2 aliphatic heterocycles. The topological polar surface area (TPSA) is 88.4 Å². The van der Waals surface area contributed by atoms with E-state index in [1.54, 1.807) is 23.1 Å². The molecule has 11 heteroatoms. The number of alkyl halides is 1. The van der Waals surface area contributed by atoms with Gasteiger partial charge in [0.15, 0.2) is 6.10 Å². The first-order valence-corrected chi connectivity index (χ1v) is 9.98. The summed E-state index contributed by atoms with van der Waals surface area (Å²) >= 11 is 5.59. The summed E-state index contributed by atoms with van der Waals surface area (Å²) in [4.78, 5) is 28.8. The number of halogens is 2. The van der Waals surface area contributed by atoms with Gasteiger partial charge in [-0.2, -0.15) is 0 Å². The fraction of sp³-hybridized carbons (Fsp3) is 0.421. The Bertz CT molecular complexity index is 904. The summed E-state index contributed by atoms with van der Waals surface area (Å²) in [6, 6.07) is 6.18. The van der Waals surface area contributed by atoms with Gasteiger partial charge in [-0.05, 0) is 23.4 Å². The zero-order valence-corrected chi connectivity index (χ0v) is 16.8. The third kappa shape index (κ3) is 4.28. The molecule has 2 amide bonds. The number of cyclic esters (lactones) is 1. The Hall–Kier alpha value is -3.01. The van der Waals surface area contributed by atoms with Crippen LogP contribution in [0.4, 0.5) is 20.6 Å². The molecule has 1 aromatic carbocycles. The Morgan fingerprint density at radius 3 is 2.73 bits per heavy atom. The number of carbonyl (C=O) groups excluding carboxylic acids is 2. The highest BCUT2D eigenvalue weighted by molar-refractivity contribution is 6.27. The third-order valence-electron chi connectivity index (χ3n) is 5.04. The number of benzene rings is 1. The zero-order chi connectivity index (χ0) is 21.1. The molecule has 1 atom stereocenters. The van der Waals surface area contributed by atoms with Gasteiger partial charge >= 0.3 is 6.09 Å². The van der Waals surface area contributed by atoms with Crippen LogP contribution in [0, 0.1) is 5.82 Å². The smallest absolute Gasteiger partial charge is 0.414 e. The van der Waals surface area contributed by atoms with Gasteiger partial charge in [0.05, 0.1) is 17.9 Å². The average Bonchev–Trinajstić information content (AvgIpc) is 3.41. The molecule has 30 heavy (non-hydrogen) atoms. The Balaban J connectivity index is 1.37. The van der Waals surface area contributed by atoms with Gasteiger partial charge in [0.25, 0.3) is 5.88 Å². The Morgan fingerprint density at radius 2 is 2.07 bits per heavy atom. The summed E-state index contributed by atoms with van der Waals surface area (Å²) in [5.74, 6) is -0.325. The van der Waals surface area contributed by atoms with Crippen LogP contribution in [0.15, 0.2) is 35.1 Å². The fourth-order valence-corrected chi connectivity index (χ4v) is 3.64. The summed E-state index contributed by atoms with van der Waals surface area (Å²) in [6.45, 7) is 2.32. The van der Waals surface area contributed by atoms with Crippen LogP contribution in [0.1, 0.15) is 0 Å². The monoisotopic (exact) mass is 438 g/mol. The van der Waals surface area contributed by atoms with E-state index in [1.807, 2.05) is 4.90 Å². The van der Waals surface area contributed by atoms with E-state index >= 15 is 0 Å². The second-order valence-corrected chi connectivity index (χ2v) is 7.17. The number of hydrogen-bond donors (Lipinski definition) is 0. The van der Waals surface area contributed by atoms with Crippen molar-refractivity contribution in [3.05, 3.63) is 36.3 Å². The largest absolute Gasteiger partial charge is 0.471 e. The molecule has 2 fully saturated rings. The minimum atomic E-state index is -0.566. The minimum absolute atomic E-state index is 0.0559. The normalized spacial score (nSPS) is 19.2. The van der Waals surface area contributed by atoms with Crippen LogP contribution in [0.2, 0.25) is 0 Å². The maximum Gasteiger partial charge on any atom is 0.414 e.